The van der Waals surface area contributed by atoms with E-state index in [4.69, 9.17) is 14.2 Å². The van der Waals surface area contributed by atoms with Crippen molar-refractivity contribution in [2.24, 2.45) is 5.92 Å². The van der Waals surface area contributed by atoms with Crippen molar-refractivity contribution in [3.63, 3.8) is 0 Å². The zero-order chi connectivity index (χ0) is 26.9. The van der Waals surface area contributed by atoms with Crippen molar-refractivity contribution >= 4 is 5.91 Å². The minimum Gasteiger partial charge on any atom is -0.493 e. The first-order chi connectivity index (χ1) is 18.4. The van der Waals surface area contributed by atoms with Gasteiger partial charge in [0.2, 0.25) is 5.91 Å². The van der Waals surface area contributed by atoms with E-state index in [0.29, 0.717) is 25.5 Å². The number of hydrogen-bond acceptors (Lipinski definition) is 5. The van der Waals surface area contributed by atoms with E-state index in [-0.39, 0.29) is 30.2 Å². The molecule has 0 radical (unpaired) electrons. The van der Waals surface area contributed by atoms with E-state index in [0.717, 1.165) is 68.8 Å². The Morgan fingerprint density at radius 2 is 1.74 bits per heavy atom. The van der Waals surface area contributed by atoms with Gasteiger partial charge in [0.05, 0.1) is 25.7 Å². The van der Waals surface area contributed by atoms with Crippen LogP contribution >= 0.6 is 0 Å². The number of likely N-dealkylation sites (tertiary alicyclic amines) is 1. The molecule has 0 aliphatic carbocycles. The lowest BCUT2D eigenvalue weighted by atomic mass is 10.0. The van der Waals surface area contributed by atoms with Crippen LogP contribution in [0.2, 0.25) is 0 Å². The van der Waals surface area contributed by atoms with Crippen molar-refractivity contribution in [2.75, 3.05) is 32.8 Å². The minimum absolute atomic E-state index is 0.0987. The van der Waals surface area contributed by atoms with Crippen LogP contribution in [0, 0.1) is 11.7 Å². The second-order valence-electron chi connectivity index (χ2n) is 11.1. The molecule has 2 atom stereocenters. The zero-order valence-corrected chi connectivity index (χ0v) is 23.1. The van der Waals surface area contributed by atoms with Gasteiger partial charge in [-0.1, -0.05) is 38.1 Å². The standard InChI is InChI=1S/C31H43FN2O4/c1-23(2)22-37-29-10-6-25(7-11-29)20-30(35)34(21-26-4-8-27(32)9-5-26)28-12-16-33(17-13-28)18-14-31-36-19-15-24(3)38-31/h4-11,23-24,28,31H,12-22H2,1-3H3/t24-,31?/m1/s1. The van der Waals surface area contributed by atoms with Gasteiger partial charge in [0.15, 0.2) is 6.29 Å². The van der Waals surface area contributed by atoms with E-state index in [1.165, 1.54) is 12.1 Å². The Morgan fingerprint density at radius 3 is 2.39 bits per heavy atom. The Morgan fingerprint density at radius 1 is 1.05 bits per heavy atom. The fraction of sp³-hybridized carbons (Fsp3) is 0.581. The Bertz CT molecular complexity index is 990. The summed E-state index contributed by atoms with van der Waals surface area (Å²) in [6.07, 6.45) is 4.12. The highest BCUT2D eigenvalue weighted by molar-refractivity contribution is 5.79. The highest BCUT2D eigenvalue weighted by Crippen LogP contribution is 2.23. The molecule has 0 N–H and O–H groups in total. The lowest BCUT2D eigenvalue weighted by Gasteiger charge is -2.39. The van der Waals surface area contributed by atoms with Gasteiger partial charge in [0.25, 0.3) is 0 Å². The second-order valence-corrected chi connectivity index (χ2v) is 11.1. The van der Waals surface area contributed by atoms with E-state index < -0.39 is 0 Å². The van der Waals surface area contributed by atoms with Crippen LogP contribution < -0.4 is 4.74 Å². The summed E-state index contributed by atoms with van der Waals surface area (Å²) in [5.41, 5.74) is 1.91. The third kappa shape index (κ3) is 8.79. The van der Waals surface area contributed by atoms with Crippen LogP contribution in [0.3, 0.4) is 0 Å². The largest absolute Gasteiger partial charge is 0.493 e. The number of amides is 1. The average molecular weight is 527 g/mol. The molecule has 208 valence electrons. The van der Waals surface area contributed by atoms with Crippen molar-refractivity contribution in [1.29, 1.82) is 0 Å². The molecule has 0 aromatic heterocycles. The molecule has 2 aliphatic heterocycles. The summed E-state index contributed by atoms with van der Waals surface area (Å²) in [5, 5.41) is 0. The summed E-state index contributed by atoms with van der Waals surface area (Å²) in [4.78, 5) is 18.0. The van der Waals surface area contributed by atoms with E-state index in [9.17, 15) is 9.18 Å². The minimum atomic E-state index is -0.264. The Labute approximate surface area is 227 Å². The zero-order valence-electron chi connectivity index (χ0n) is 23.1. The van der Waals surface area contributed by atoms with Gasteiger partial charge in [0.1, 0.15) is 11.6 Å². The van der Waals surface area contributed by atoms with Gasteiger partial charge in [-0.2, -0.15) is 0 Å². The van der Waals surface area contributed by atoms with Gasteiger partial charge in [-0.3, -0.25) is 4.79 Å². The van der Waals surface area contributed by atoms with Crippen LogP contribution in [0.5, 0.6) is 5.75 Å². The number of ether oxygens (including phenoxy) is 3. The molecule has 1 amide bonds. The topological polar surface area (TPSA) is 51.2 Å². The summed E-state index contributed by atoms with van der Waals surface area (Å²) in [5.74, 6) is 1.12. The molecule has 0 spiro atoms. The van der Waals surface area contributed by atoms with Crippen molar-refractivity contribution in [2.45, 2.75) is 77.9 Å². The highest BCUT2D eigenvalue weighted by atomic mass is 19.1. The van der Waals surface area contributed by atoms with Crippen LogP contribution in [-0.4, -0.2) is 67.0 Å². The maximum Gasteiger partial charge on any atom is 0.227 e. The molecular formula is C31H43FN2O4. The molecular weight excluding hydrogens is 483 g/mol. The highest BCUT2D eigenvalue weighted by Gasteiger charge is 2.29. The molecule has 2 aromatic rings. The van der Waals surface area contributed by atoms with Gasteiger partial charge < -0.3 is 24.0 Å². The molecule has 0 saturated carbocycles. The van der Waals surface area contributed by atoms with Crippen molar-refractivity contribution in [3.05, 3.63) is 65.5 Å². The van der Waals surface area contributed by atoms with Crippen LogP contribution in [-0.2, 0) is 27.2 Å². The summed E-state index contributed by atoms with van der Waals surface area (Å²) >= 11 is 0. The van der Waals surface area contributed by atoms with Gasteiger partial charge in [-0.15, -0.1) is 0 Å². The van der Waals surface area contributed by atoms with Crippen molar-refractivity contribution in [1.82, 2.24) is 9.80 Å². The Kier molecular flexibility index (Phi) is 10.6. The van der Waals surface area contributed by atoms with Crippen LogP contribution in [0.25, 0.3) is 0 Å². The predicted molar refractivity (Wildman–Crippen MR) is 146 cm³/mol. The van der Waals surface area contributed by atoms with Gasteiger partial charge >= 0.3 is 0 Å². The summed E-state index contributed by atoms with van der Waals surface area (Å²) in [6.45, 7) is 11.1. The van der Waals surface area contributed by atoms with E-state index in [1.54, 1.807) is 12.1 Å². The predicted octanol–water partition coefficient (Wildman–Crippen LogP) is 5.44. The maximum absolute atomic E-state index is 13.6. The first-order valence-corrected chi connectivity index (χ1v) is 14.1. The fourth-order valence-corrected chi connectivity index (χ4v) is 5.08. The van der Waals surface area contributed by atoms with Crippen molar-refractivity contribution in [3.8, 4) is 5.75 Å². The average Bonchev–Trinajstić information content (AvgIpc) is 2.91. The van der Waals surface area contributed by atoms with Gasteiger partial charge in [-0.25, -0.2) is 4.39 Å². The molecule has 2 saturated heterocycles. The van der Waals surface area contributed by atoms with E-state index >= 15 is 0 Å². The Balaban J connectivity index is 1.35. The molecule has 2 heterocycles. The first-order valence-electron chi connectivity index (χ1n) is 14.1. The normalized spacial score (nSPS) is 21.0. The third-order valence-electron chi connectivity index (χ3n) is 7.34. The molecule has 2 aromatic carbocycles. The quantitative estimate of drug-likeness (QED) is 0.390. The summed E-state index contributed by atoms with van der Waals surface area (Å²) in [7, 11) is 0. The number of halogens is 1. The smallest absolute Gasteiger partial charge is 0.227 e. The molecule has 2 fully saturated rings. The fourth-order valence-electron chi connectivity index (χ4n) is 5.08. The number of hydrogen-bond donors (Lipinski definition) is 0. The monoisotopic (exact) mass is 526 g/mol. The Hall–Kier alpha value is -2.48. The van der Waals surface area contributed by atoms with Crippen LogP contribution in [0.15, 0.2) is 48.5 Å². The van der Waals surface area contributed by atoms with Crippen LogP contribution in [0.1, 0.15) is 57.6 Å². The molecule has 0 bridgehead atoms. The number of carbonyl (C=O) groups is 1. The summed E-state index contributed by atoms with van der Waals surface area (Å²) in [6, 6.07) is 14.5. The SMILES string of the molecule is CC(C)COc1ccc(CC(=O)N(Cc2ccc(F)cc2)C2CCN(CCC3OCC[C@@H](C)O3)CC2)cc1. The van der Waals surface area contributed by atoms with E-state index in [1.807, 2.05) is 29.2 Å². The van der Waals surface area contributed by atoms with Gasteiger partial charge in [0, 0.05) is 38.6 Å². The first kappa shape index (κ1) is 28.5. The number of benzene rings is 2. The summed E-state index contributed by atoms with van der Waals surface area (Å²) < 4.78 is 31.0. The maximum atomic E-state index is 13.6. The number of carbonyl (C=O) groups excluding carboxylic acids is 1. The number of piperidine rings is 1. The van der Waals surface area contributed by atoms with Crippen molar-refractivity contribution < 1.29 is 23.4 Å². The van der Waals surface area contributed by atoms with Crippen LogP contribution in [0.4, 0.5) is 4.39 Å². The molecule has 4 rings (SSSR count). The molecule has 6 nitrogen and oxygen atoms in total. The molecule has 1 unspecified atom stereocenters. The number of rotatable bonds is 11. The molecule has 38 heavy (non-hydrogen) atoms. The second kappa shape index (κ2) is 14.1. The van der Waals surface area contributed by atoms with E-state index in [2.05, 4.69) is 25.7 Å². The third-order valence-corrected chi connectivity index (χ3v) is 7.34. The lowest BCUT2D eigenvalue weighted by Crippen LogP contribution is -2.48. The number of nitrogens with zero attached hydrogens (tertiary/aromatic N) is 2. The molecule has 2 aliphatic rings. The lowest BCUT2D eigenvalue weighted by molar-refractivity contribution is -0.211. The van der Waals surface area contributed by atoms with Gasteiger partial charge in [-0.05, 0) is 67.5 Å². The molecule has 7 heteroatoms.